The van der Waals surface area contributed by atoms with Gasteiger partial charge in [-0.1, -0.05) is 15.9 Å². The third kappa shape index (κ3) is 2.53. The van der Waals surface area contributed by atoms with Gasteiger partial charge in [-0.2, -0.15) is 0 Å². The van der Waals surface area contributed by atoms with E-state index in [0.29, 0.717) is 6.42 Å². The fourth-order valence-corrected chi connectivity index (χ4v) is 4.25. The molecule has 2 rings (SSSR count). The van der Waals surface area contributed by atoms with E-state index in [1.165, 1.54) is 0 Å². The van der Waals surface area contributed by atoms with Gasteiger partial charge in [-0.15, -0.1) is 0 Å². The minimum Gasteiger partial charge on any atom is -0.350 e. The molecule has 0 bridgehead atoms. The summed E-state index contributed by atoms with van der Waals surface area (Å²) in [5.74, 6) is -0.233. The van der Waals surface area contributed by atoms with Crippen LogP contribution in [0.25, 0.3) is 0 Å². The van der Waals surface area contributed by atoms with Crippen molar-refractivity contribution >= 4 is 31.7 Å². The van der Waals surface area contributed by atoms with Gasteiger partial charge in [0.25, 0.3) is 0 Å². The van der Waals surface area contributed by atoms with Crippen molar-refractivity contribution < 1.29 is 13.2 Å². The Balaban J connectivity index is 1.93. The highest BCUT2D eigenvalue weighted by molar-refractivity contribution is 9.09. The molecule has 1 saturated carbocycles. The minimum absolute atomic E-state index is 0.0250. The summed E-state index contributed by atoms with van der Waals surface area (Å²) in [5.41, 5.74) is -0.0799. The first-order chi connectivity index (χ1) is 6.96. The van der Waals surface area contributed by atoms with Crippen LogP contribution in [0.3, 0.4) is 0 Å². The van der Waals surface area contributed by atoms with E-state index >= 15 is 0 Å². The van der Waals surface area contributed by atoms with Crippen molar-refractivity contribution in [3.63, 3.8) is 0 Å². The van der Waals surface area contributed by atoms with Gasteiger partial charge in [0, 0.05) is 10.9 Å². The lowest BCUT2D eigenvalue weighted by molar-refractivity contribution is -0.125. The average molecular weight is 296 g/mol. The zero-order chi connectivity index (χ0) is 11.1. The van der Waals surface area contributed by atoms with Crippen molar-refractivity contribution in [2.45, 2.75) is 24.8 Å². The summed E-state index contributed by atoms with van der Waals surface area (Å²) in [4.78, 5) is 11.8. The number of hydrogen-bond donors (Lipinski definition) is 1. The van der Waals surface area contributed by atoms with Crippen molar-refractivity contribution in [1.82, 2.24) is 5.32 Å². The second kappa shape index (κ2) is 3.73. The molecule has 6 heteroatoms. The summed E-state index contributed by atoms with van der Waals surface area (Å²) in [5, 5.41) is 3.70. The molecule has 86 valence electrons. The van der Waals surface area contributed by atoms with Gasteiger partial charge in [0.1, 0.15) is 0 Å². The first kappa shape index (κ1) is 11.4. The topological polar surface area (TPSA) is 63.2 Å². The molecule has 0 spiro atoms. The molecular formula is C9H14BrNO3S. The Morgan fingerprint density at radius 2 is 2.13 bits per heavy atom. The van der Waals surface area contributed by atoms with Gasteiger partial charge in [0.2, 0.25) is 5.91 Å². The monoisotopic (exact) mass is 295 g/mol. The Bertz CT molecular complexity index is 375. The maximum Gasteiger partial charge on any atom is 0.224 e. The SMILES string of the molecule is O=C(NC1(CBr)CC1)C1CCS(=O)(=O)C1. The fraction of sp³-hybridized carbons (Fsp3) is 0.889. The van der Waals surface area contributed by atoms with Crippen LogP contribution >= 0.6 is 15.9 Å². The van der Waals surface area contributed by atoms with Crippen LogP contribution in [0.4, 0.5) is 0 Å². The van der Waals surface area contributed by atoms with Crippen LogP contribution in [0.5, 0.6) is 0 Å². The molecule has 1 atom stereocenters. The van der Waals surface area contributed by atoms with Crippen LogP contribution in [0.1, 0.15) is 19.3 Å². The maximum absolute atomic E-state index is 11.8. The van der Waals surface area contributed by atoms with Crippen molar-refractivity contribution in [3.05, 3.63) is 0 Å². The third-order valence-corrected chi connectivity index (χ3v) is 5.94. The molecule has 1 unspecified atom stereocenters. The average Bonchev–Trinajstić information content (AvgIpc) is 2.84. The van der Waals surface area contributed by atoms with Gasteiger partial charge in [-0.25, -0.2) is 8.42 Å². The Morgan fingerprint density at radius 1 is 1.47 bits per heavy atom. The van der Waals surface area contributed by atoms with Crippen LogP contribution in [0, 0.1) is 5.92 Å². The molecule has 1 aliphatic heterocycles. The van der Waals surface area contributed by atoms with Gasteiger partial charge in [-0.3, -0.25) is 4.79 Å². The molecule has 1 heterocycles. The number of alkyl halides is 1. The largest absolute Gasteiger partial charge is 0.350 e. The van der Waals surface area contributed by atoms with E-state index < -0.39 is 9.84 Å². The first-order valence-electron chi connectivity index (χ1n) is 5.05. The standard InChI is InChI=1S/C9H14BrNO3S/c10-6-9(2-3-9)11-8(12)7-1-4-15(13,14)5-7/h7H,1-6H2,(H,11,12). The smallest absolute Gasteiger partial charge is 0.224 e. The van der Waals surface area contributed by atoms with Crippen molar-refractivity contribution in [2.75, 3.05) is 16.8 Å². The second-order valence-electron chi connectivity index (χ2n) is 4.50. The summed E-state index contributed by atoms with van der Waals surface area (Å²) in [7, 11) is -2.95. The number of sulfone groups is 1. The summed E-state index contributed by atoms with van der Waals surface area (Å²) in [6.45, 7) is 0. The van der Waals surface area contributed by atoms with Crippen LogP contribution in [0.2, 0.25) is 0 Å². The molecule has 2 aliphatic rings. The van der Waals surface area contributed by atoms with Crippen LogP contribution < -0.4 is 5.32 Å². The molecule has 4 nitrogen and oxygen atoms in total. The fourth-order valence-electron chi connectivity index (χ4n) is 1.81. The minimum atomic E-state index is -2.95. The lowest BCUT2D eigenvalue weighted by atomic mass is 10.1. The zero-order valence-corrected chi connectivity index (χ0v) is 10.7. The van der Waals surface area contributed by atoms with E-state index in [4.69, 9.17) is 0 Å². The highest BCUT2D eigenvalue weighted by Gasteiger charge is 2.45. The second-order valence-corrected chi connectivity index (χ2v) is 7.29. The number of halogens is 1. The van der Waals surface area contributed by atoms with Gasteiger partial charge in [0.15, 0.2) is 9.84 Å². The normalized spacial score (nSPS) is 31.1. The summed E-state index contributed by atoms with van der Waals surface area (Å²) >= 11 is 3.36. The predicted octanol–water partition coefficient (Wildman–Crippen LogP) is 0.465. The van der Waals surface area contributed by atoms with Crippen LogP contribution in [-0.2, 0) is 14.6 Å². The van der Waals surface area contributed by atoms with Gasteiger partial charge in [0.05, 0.1) is 17.4 Å². The number of amides is 1. The van der Waals surface area contributed by atoms with E-state index in [1.807, 2.05) is 0 Å². The van der Waals surface area contributed by atoms with Crippen LogP contribution in [-0.4, -0.2) is 36.7 Å². The first-order valence-corrected chi connectivity index (χ1v) is 7.99. The quantitative estimate of drug-likeness (QED) is 0.770. The summed E-state index contributed by atoms with van der Waals surface area (Å²) < 4.78 is 22.4. The van der Waals surface area contributed by atoms with Crippen molar-refractivity contribution in [1.29, 1.82) is 0 Å². The van der Waals surface area contributed by atoms with Gasteiger partial charge in [-0.05, 0) is 19.3 Å². The summed E-state index contributed by atoms with van der Waals surface area (Å²) in [6.07, 6.45) is 2.46. The zero-order valence-electron chi connectivity index (χ0n) is 8.33. The Morgan fingerprint density at radius 3 is 2.53 bits per heavy atom. The number of rotatable bonds is 3. The number of carbonyl (C=O) groups excluding carboxylic acids is 1. The highest BCUT2D eigenvalue weighted by Crippen LogP contribution is 2.37. The van der Waals surface area contributed by atoms with Crippen molar-refractivity contribution in [3.8, 4) is 0 Å². The molecule has 0 radical (unpaired) electrons. The number of hydrogen-bond acceptors (Lipinski definition) is 3. The number of nitrogens with one attached hydrogen (secondary N) is 1. The van der Waals surface area contributed by atoms with Crippen LogP contribution in [0.15, 0.2) is 0 Å². The molecule has 1 aliphatic carbocycles. The molecule has 0 aromatic heterocycles. The Hall–Kier alpha value is -0.100. The third-order valence-electron chi connectivity index (χ3n) is 3.10. The van der Waals surface area contributed by atoms with E-state index in [2.05, 4.69) is 21.2 Å². The highest BCUT2D eigenvalue weighted by atomic mass is 79.9. The molecule has 0 aromatic carbocycles. The predicted molar refractivity (Wildman–Crippen MR) is 60.7 cm³/mol. The van der Waals surface area contributed by atoms with Crippen molar-refractivity contribution in [2.24, 2.45) is 5.92 Å². The lowest BCUT2D eigenvalue weighted by Crippen LogP contribution is -2.42. The maximum atomic E-state index is 11.8. The Kier molecular flexibility index (Phi) is 2.83. The molecule has 2 fully saturated rings. The van der Waals surface area contributed by atoms with E-state index in [1.54, 1.807) is 0 Å². The lowest BCUT2D eigenvalue weighted by Gasteiger charge is -2.16. The van der Waals surface area contributed by atoms with E-state index in [0.717, 1.165) is 18.2 Å². The van der Waals surface area contributed by atoms with Gasteiger partial charge >= 0.3 is 0 Å². The summed E-state index contributed by atoms with van der Waals surface area (Å²) in [6, 6.07) is 0. The molecule has 1 amide bonds. The molecular weight excluding hydrogens is 282 g/mol. The number of carbonyl (C=O) groups is 1. The molecule has 15 heavy (non-hydrogen) atoms. The van der Waals surface area contributed by atoms with Gasteiger partial charge < -0.3 is 5.32 Å². The molecule has 1 saturated heterocycles. The van der Waals surface area contributed by atoms with E-state index in [9.17, 15) is 13.2 Å². The molecule has 0 aromatic rings. The molecule has 1 N–H and O–H groups in total. The van der Waals surface area contributed by atoms with E-state index in [-0.39, 0.29) is 28.9 Å². The Labute approximate surface area is 97.9 Å².